The molecule has 6 aromatic rings. The van der Waals surface area contributed by atoms with Crippen LogP contribution in [-0.4, -0.2) is 9.97 Å². The molecule has 2 N–H and O–H groups in total. The van der Waals surface area contributed by atoms with Crippen LogP contribution in [-0.2, 0) is 0 Å². The number of fused-ring (bicyclic) bond motifs is 3. The minimum Gasteiger partial charge on any atom is -0.348 e. The lowest BCUT2D eigenvalue weighted by Gasteiger charge is -2.13. The maximum Gasteiger partial charge on any atom is 0.216 e. The monoisotopic (exact) mass is 444 g/mol. The number of hydrogen-bond donors (Lipinski definition) is 2. The van der Waals surface area contributed by atoms with Crippen molar-refractivity contribution in [3.8, 4) is 22.5 Å². The van der Waals surface area contributed by atoms with Crippen LogP contribution >= 0.6 is 0 Å². The summed E-state index contributed by atoms with van der Waals surface area (Å²) in [6.45, 7) is 0. The zero-order valence-electron chi connectivity index (χ0n) is 17.7. The molecule has 0 saturated heterocycles. The van der Waals surface area contributed by atoms with Crippen LogP contribution in [0.25, 0.3) is 55.1 Å². The molecule has 0 spiro atoms. The highest BCUT2D eigenvalue weighted by molar-refractivity contribution is 6.03. The van der Waals surface area contributed by atoms with Crippen molar-refractivity contribution in [2.24, 2.45) is 0 Å². The summed E-state index contributed by atoms with van der Waals surface area (Å²) in [6, 6.07) is 25.0. The molecule has 0 atom stereocenters. The molecular weight excluding hydrogens is 428 g/mol. The lowest BCUT2D eigenvalue weighted by molar-refractivity contribution is 1.28. The number of H-pyrrole nitrogens is 2. The molecule has 0 aliphatic heterocycles. The smallest absolute Gasteiger partial charge is 0.216 e. The summed E-state index contributed by atoms with van der Waals surface area (Å²) in [5, 5.41) is -0.498. The summed E-state index contributed by atoms with van der Waals surface area (Å²) >= 11 is 0. The minimum absolute atomic E-state index is 0.0391. The van der Waals surface area contributed by atoms with Gasteiger partial charge in [-0.05, 0) is 0 Å². The van der Waals surface area contributed by atoms with E-state index in [4.69, 9.17) is 0 Å². The zero-order chi connectivity index (χ0) is 23.4. The van der Waals surface area contributed by atoms with E-state index >= 15 is 0 Å². The number of aromatic nitrogens is 2. The van der Waals surface area contributed by atoms with Gasteiger partial charge >= 0.3 is 0 Å². The molecule has 162 valence electrons. The van der Waals surface area contributed by atoms with E-state index in [1.807, 2.05) is 60.7 Å². The first-order valence-corrected chi connectivity index (χ1v) is 10.7. The van der Waals surface area contributed by atoms with Crippen molar-refractivity contribution in [1.82, 2.24) is 9.97 Å². The molecule has 0 aliphatic carbocycles. The Morgan fingerprint density at radius 1 is 0.412 bits per heavy atom. The third-order valence-corrected chi connectivity index (χ3v) is 6.15. The predicted octanol–water partition coefficient (Wildman–Crippen LogP) is 4.02. The Labute approximate surface area is 191 Å². The summed E-state index contributed by atoms with van der Waals surface area (Å²) in [7, 11) is 0. The second-order valence-electron chi connectivity index (χ2n) is 8.09. The summed E-state index contributed by atoms with van der Waals surface area (Å²) < 4.78 is 0. The van der Waals surface area contributed by atoms with Crippen molar-refractivity contribution in [2.45, 2.75) is 0 Å². The van der Waals surface area contributed by atoms with Gasteiger partial charge in [0, 0.05) is 21.9 Å². The molecule has 0 unspecified atom stereocenters. The molecular formula is C28H16N2O4. The van der Waals surface area contributed by atoms with Crippen molar-refractivity contribution >= 4 is 32.6 Å². The quantitative estimate of drug-likeness (QED) is 0.394. The maximum absolute atomic E-state index is 13.6. The van der Waals surface area contributed by atoms with Crippen molar-refractivity contribution in [3.05, 3.63) is 126 Å². The van der Waals surface area contributed by atoms with Crippen LogP contribution in [0.4, 0.5) is 0 Å². The van der Waals surface area contributed by atoms with E-state index in [9.17, 15) is 19.2 Å². The van der Waals surface area contributed by atoms with Crippen LogP contribution in [0.3, 0.4) is 0 Å². The first-order valence-electron chi connectivity index (χ1n) is 10.7. The first-order chi connectivity index (χ1) is 16.6. The highest BCUT2D eigenvalue weighted by Gasteiger charge is 2.22. The maximum atomic E-state index is 13.6. The Morgan fingerprint density at radius 3 is 1.15 bits per heavy atom. The summed E-state index contributed by atoms with van der Waals surface area (Å²) in [5.74, 6) is 0. The fourth-order valence-electron chi connectivity index (χ4n) is 4.54. The molecule has 0 aliphatic rings. The van der Waals surface area contributed by atoms with Gasteiger partial charge in [-0.25, -0.2) is 0 Å². The van der Waals surface area contributed by atoms with Gasteiger partial charge < -0.3 is 9.97 Å². The predicted molar refractivity (Wildman–Crippen MR) is 135 cm³/mol. The van der Waals surface area contributed by atoms with E-state index < -0.39 is 21.7 Å². The van der Waals surface area contributed by atoms with Crippen LogP contribution in [0.1, 0.15) is 0 Å². The Kier molecular flexibility index (Phi) is 4.28. The third kappa shape index (κ3) is 2.75. The molecule has 0 radical (unpaired) electrons. The minimum atomic E-state index is -0.675. The zero-order valence-corrected chi connectivity index (χ0v) is 17.7. The van der Waals surface area contributed by atoms with Crippen LogP contribution in [0, 0.1) is 0 Å². The molecule has 0 bridgehead atoms. The topological polar surface area (TPSA) is 99.9 Å². The lowest BCUT2D eigenvalue weighted by atomic mass is 9.99. The van der Waals surface area contributed by atoms with Gasteiger partial charge in [-0.1, -0.05) is 84.9 Å². The number of rotatable bonds is 2. The molecule has 5 aromatic carbocycles. The van der Waals surface area contributed by atoms with Crippen molar-refractivity contribution < 1.29 is 0 Å². The molecule has 0 amide bonds. The summed E-state index contributed by atoms with van der Waals surface area (Å²) in [6.07, 6.45) is 0. The highest BCUT2D eigenvalue weighted by atomic mass is 16.1. The highest BCUT2D eigenvalue weighted by Crippen LogP contribution is 2.29. The van der Waals surface area contributed by atoms with Gasteiger partial charge in [-0.2, -0.15) is 0 Å². The van der Waals surface area contributed by atoms with Crippen molar-refractivity contribution in [3.63, 3.8) is 0 Å². The Bertz CT molecular complexity index is 1830. The second kappa shape index (κ2) is 7.35. The number of hydrogen-bond acceptors (Lipinski definition) is 4. The number of nitrogens with one attached hydrogen (secondary N) is 2. The SMILES string of the molecule is O=c1c2ccccc2c(=O)c2c(=O)c3[nH]c(-c4ccccc4)c(-c4ccccc4)[nH]c3c(=O)c12. The molecule has 1 aromatic heterocycles. The van der Waals surface area contributed by atoms with Crippen LogP contribution in [0.15, 0.2) is 104 Å². The molecule has 0 fully saturated rings. The van der Waals surface area contributed by atoms with Crippen LogP contribution < -0.4 is 21.7 Å². The molecule has 6 heteroatoms. The van der Waals surface area contributed by atoms with Gasteiger partial charge in [0.25, 0.3) is 0 Å². The van der Waals surface area contributed by atoms with Crippen LogP contribution in [0.5, 0.6) is 0 Å². The van der Waals surface area contributed by atoms with Crippen molar-refractivity contribution in [2.75, 3.05) is 0 Å². The number of aromatic amines is 2. The number of benzene rings is 5. The van der Waals surface area contributed by atoms with E-state index in [1.54, 1.807) is 12.1 Å². The van der Waals surface area contributed by atoms with Gasteiger partial charge in [-0.3, -0.25) is 19.2 Å². The molecule has 0 saturated carbocycles. The van der Waals surface area contributed by atoms with Gasteiger partial charge in [0.1, 0.15) is 11.0 Å². The first kappa shape index (κ1) is 19.8. The Balaban J connectivity index is 1.86. The average molecular weight is 444 g/mol. The van der Waals surface area contributed by atoms with Crippen LogP contribution in [0.2, 0.25) is 0 Å². The van der Waals surface area contributed by atoms with E-state index in [0.717, 1.165) is 11.1 Å². The van der Waals surface area contributed by atoms with E-state index in [2.05, 4.69) is 9.97 Å². The average Bonchev–Trinajstić information content (AvgIpc) is 2.89. The second-order valence-corrected chi connectivity index (χ2v) is 8.09. The van der Waals surface area contributed by atoms with E-state index in [-0.39, 0.29) is 32.6 Å². The van der Waals surface area contributed by atoms with Gasteiger partial charge in [-0.15, -0.1) is 0 Å². The van der Waals surface area contributed by atoms with Gasteiger partial charge in [0.15, 0.2) is 10.9 Å². The van der Waals surface area contributed by atoms with E-state index in [0.29, 0.717) is 11.4 Å². The molecule has 1 heterocycles. The summed E-state index contributed by atoms with van der Waals surface area (Å²) in [5.41, 5.74) is 0.0960. The van der Waals surface area contributed by atoms with E-state index in [1.165, 1.54) is 12.1 Å². The normalized spacial score (nSPS) is 11.4. The van der Waals surface area contributed by atoms with Crippen molar-refractivity contribution in [1.29, 1.82) is 0 Å². The van der Waals surface area contributed by atoms with Gasteiger partial charge in [0.2, 0.25) is 10.9 Å². The molecule has 6 nitrogen and oxygen atoms in total. The Hall–Kier alpha value is -4.84. The fourth-order valence-corrected chi connectivity index (χ4v) is 4.54. The van der Waals surface area contributed by atoms with Gasteiger partial charge in [0.05, 0.1) is 22.2 Å². The standard InChI is InChI=1S/C28H16N2O4/c31-25-17-13-7-8-14-18(17)26(32)20-19(25)27(33)23-24(28(20)34)30-22(16-11-5-2-6-12-16)21(29-23)15-9-3-1-4-10-15/h1-14,29-30H. The molecule has 6 rings (SSSR count). The lowest BCUT2D eigenvalue weighted by Crippen LogP contribution is -2.28. The largest absolute Gasteiger partial charge is 0.348 e. The third-order valence-electron chi connectivity index (χ3n) is 6.15. The fraction of sp³-hybridized carbons (Fsp3) is 0. The Morgan fingerprint density at radius 2 is 0.765 bits per heavy atom. The molecule has 34 heavy (non-hydrogen) atoms. The summed E-state index contributed by atoms with van der Waals surface area (Å²) in [4.78, 5) is 59.8.